The number of rotatable bonds is 6. The Balaban J connectivity index is 1.93. The van der Waals surface area contributed by atoms with E-state index >= 15 is 0 Å². The van der Waals surface area contributed by atoms with Crippen molar-refractivity contribution in [1.82, 2.24) is 14.5 Å². The number of ether oxygens (including phenoxy) is 1. The number of thioether (sulfide) groups is 1. The van der Waals surface area contributed by atoms with Crippen molar-refractivity contribution in [2.24, 2.45) is 0 Å². The summed E-state index contributed by atoms with van der Waals surface area (Å²) in [7, 11) is 1.41. The summed E-state index contributed by atoms with van der Waals surface area (Å²) in [5, 5.41) is 2.00. The first-order valence-corrected chi connectivity index (χ1v) is 10.8. The molecule has 0 saturated heterocycles. The third kappa shape index (κ3) is 3.93. The van der Waals surface area contributed by atoms with Crippen molar-refractivity contribution in [3.05, 3.63) is 72.1 Å². The molecule has 2 aromatic heterocycles. The van der Waals surface area contributed by atoms with Crippen LogP contribution in [0.4, 0.5) is 0 Å². The van der Waals surface area contributed by atoms with Crippen LogP contribution in [0.5, 0.6) is 0 Å². The van der Waals surface area contributed by atoms with Crippen LogP contribution in [0.1, 0.15) is 13.3 Å². The summed E-state index contributed by atoms with van der Waals surface area (Å²) in [4.78, 5) is 21.3. The molecule has 0 aliphatic rings. The number of methoxy groups -OCH3 is 1. The Morgan fingerprint density at radius 2 is 1.87 bits per heavy atom. The summed E-state index contributed by atoms with van der Waals surface area (Å²) in [5.41, 5.74) is 3.77. The highest BCUT2D eigenvalue weighted by molar-refractivity contribution is 8.00. The fraction of sp³-hybridized carbons (Fsp3) is 0.174. The van der Waals surface area contributed by atoms with Crippen molar-refractivity contribution in [2.45, 2.75) is 23.6 Å². The zero-order chi connectivity index (χ0) is 21.1. The summed E-state index contributed by atoms with van der Waals surface area (Å²) in [6, 6.07) is 17.7. The number of fused-ring (bicyclic) bond motifs is 1. The molecule has 0 fully saturated rings. The lowest BCUT2D eigenvalue weighted by Crippen LogP contribution is -2.17. The lowest BCUT2D eigenvalue weighted by molar-refractivity contribution is -0.140. The zero-order valence-corrected chi connectivity index (χ0v) is 18.2. The molecule has 1 atom stereocenters. The van der Waals surface area contributed by atoms with Gasteiger partial charge in [-0.15, -0.1) is 0 Å². The Kier molecular flexibility index (Phi) is 6.06. The van der Waals surface area contributed by atoms with E-state index in [2.05, 4.69) is 28.3 Å². The van der Waals surface area contributed by atoms with Crippen molar-refractivity contribution >= 4 is 40.4 Å². The van der Waals surface area contributed by atoms with E-state index in [1.807, 2.05) is 54.0 Å². The molecule has 4 aromatic rings. The molecule has 2 aromatic carbocycles. The number of hydrogen-bond acceptors (Lipinski definition) is 5. The number of esters is 1. The number of nitrogens with zero attached hydrogens (tertiary/aromatic N) is 3. The number of benzene rings is 2. The van der Waals surface area contributed by atoms with Crippen LogP contribution < -0.4 is 0 Å². The Labute approximate surface area is 184 Å². The molecule has 0 aliphatic heterocycles. The normalized spacial score (nSPS) is 12.1. The molecule has 7 heteroatoms. The van der Waals surface area contributed by atoms with E-state index in [9.17, 15) is 4.79 Å². The van der Waals surface area contributed by atoms with E-state index in [-0.39, 0.29) is 11.2 Å². The molecule has 0 amide bonds. The van der Waals surface area contributed by atoms with Gasteiger partial charge in [-0.3, -0.25) is 4.79 Å². The van der Waals surface area contributed by atoms with Crippen LogP contribution in [0.15, 0.2) is 72.1 Å². The highest BCUT2D eigenvalue weighted by Crippen LogP contribution is 2.38. The molecule has 4 rings (SSSR count). The average Bonchev–Trinajstić information content (AvgIpc) is 3.18. The molecule has 30 heavy (non-hydrogen) atoms. The highest BCUT2D eigenvalue weighted by atomic mass is 35.5. The Morgan fingerprint density at radius 3 is 2.53 bits per heavy atom. The van der Waals surface area contributed by atoms with Gasteiger partial charge in [0, 0.05) is 22.5 Å². The fourth-order valence-electron chi connectivity index (χ4n) is 3.32. The number of hydrogen-bond donors (Lipinski definition) is 0. The summed E-state index contributed by atoms with van der Waals surface area (Å²) in [6.07, 6.45) is 4.23. The van der Waals surface area contributed by atoms with E-state index < -0.39 is 0 Å². The van der Waals surface area contributed by atoms with Gasteiger partial charge < -0.3 is 9.30 Å². The molecule has 5 nitrogen and oxygen atoms in total. The SMILES string of the molecule is CCC(Sc1ncnc2c1c(-c1ccccc1)cn2-c1ccc(Cl)cc1)C(=O)OC. The van der Waals surface area contributed by atoms with Crippen molar-refractivity contribution in [2.75, 3.05) is 7.11 Å². The topological polar surface area (TPSA) is 57.0 Å². The lowest BCUT2D eigenvalue weighted by atomic mass is 10.1. The van der Waals surface area contributed by atoms with Crippen LogP contribution in [0.2, 0.25) is 5.02 Å². The van der Waals surface area contributed by atoms with Crippen molar-refractivity contribution in [1.29, 1.82) is 0 Å². The Bertz CT molecular complexity index is 1180. The van der Waals surface area contributed by atoms with Crippen molar-refractivity contribution in [3.63, 3.8) is 0 Å². The first kappa shape index (κ1) is 20.4. The lowest BCUT2D eigenvalue weighted by Gasteiger charge is -2.12. The van der Waals surface area contributed by atoms with Gasteiger partial charge in [0.15, 0.2) is 0 Å². The quantitative estimate of drug-likeness (QED) is 0.217. The highest BCUT2D eigenvalue weighted by Gasteiger charge is 2.23. The number of halogens is 1. The summed E-state index contributed by atoms with van der Waals surface area (Å²) < 4.78 is 6.99. The summed E-state index contributed by atoms with van der Waals surface area (Å²) in [6.45, 7) is 1.96. The van der Waals surface area contributed by atoms with Gasteiger partial charge in [0.1, 0.15) is 22.3 Å². The zero-order valence-electron chi connectivity index (χ0n) is 16.6. The van der Waals surface area contributed by atoms with Gasteiger partial charge in [-0.2, -0.15) is 0 Å². The van der Waals surface area contributed by atoms with Gasteiger partial charge >= 0.3 is 5.97 Å². The molecule has 0 N–H and O–H groups in total. The maximum absolute atomic E-state index is 12.2. The van der Waals surface area contributed by atoms with Gasteiger partial charge in [0.25, 0.3) is 0 Å². The van der Waals surface area contributed by atoms with Crippen LogP contribution >= 0.6 is 23.4 Å². The first-order chi connectivity index (χ1) is 14.6. The predicted molar refractivity (Wildman–Crippen MR) is 121 cm³/mol. The Morgan fingerprint density at radius 1 is 1.13 bits per heavy atom. The van der Waals surface area contributed by atoms with Crippen molar-refractivity contribution in [3.8, 4) is 16.8 Å². The molecule has 2 heterocycles. The van der Waals surface area contributed by atoms with Crippen LogP contribution in [0.3, 0.4) is 0 Å². The fourth-order valence-corrected chi connectivity index (χ4v) is 4.50. The Hall–Kier alpha value is -2.83. The van der Waals surface area contributed by atoms with Crippen LogP contribution in [-0.4, -0.2) is 32.9 Å². The number of aromatic nitrogens is 3. The maximum atomic E-state index is 12.2. The minimum absolute atomic E-state index is 0.257. The van der Waals surface area contributed by atoms with Crippen LogP contribution in [0, 0.1) is 0 Å². The first-order valence-electron chi connectivity index (χ1n) is 9.54. The monoisotopic (exact) mass is 437 g/mol. The molecule has 0 saturated carbocycles. The van der Waals surface area contributed by atoms with Crippen LogP contribution in [-0.2, 0) is 9.53 Å². The second-order valence-electron chi connectivity index (χ2n) is 6.67. The van der Waals surface area contributed by atoms with E-state index in [1.165, 1.54) is 25.2 Å². The van der Waals surface area contributed by atoms with E-state index in [0.29, 0.717) is 11.4 Å². The molecule has 152 valence electrons. The standard InChI is InChI=1S/C23H20ClN3O2S/c1-3-19(23(28)29-2)30-22-20-18(15-7-5-4-6-8-15)13-27(21(20)25-14-26-22)17-11-9-16(24)10-12-17/h4-14,19H,3H2,1-2H3. The average molecular weight is 438 g/mol. The maximum Gasteiger partial charge on any atom is 0.319 e. The third-order valence-corrected chi connectivity index (χ3v) is 6.42. The molecule has 0 bridgehead atoms. The second-order valence-corrected chi connectivity index (χ2v) is 8.30. The van der Waals surface area contributed by atoms with Gasteiger partial charge in [-0.25, -0.2) is 9.97 Å². The molecule has 1 unspecified atom stereocenters. The van der Waals surface area contributed by atoms with Gasteiger partial charge in [0.2, 0.25) is 0 Å². The summed E-state index contributed by atoms with van der Waals surface area (Å²) >= 11 is 7.49. The largest absolute Gasteiger partial charge is 0.468 e. The van der Waals surface area contributed by atoms with E-state index in [0.717, 1.165) is 32.9 Å². The van der Waals surface area contributed by atoms with Crippen LogP contribution in [0.25, 0.3) is 27.8 Å². The van der Waals surface area contributed by atoms with Gasteiger partial charge in [-0.1, -0.05) is 60.6 Å². The number of carbonyl (C=O) groups excluding carboxylic acids is 1. The molecular weight excluding hydrogens is 418 g/mol. The molecular formula is C23H20ClN3O2S. The molecule has 0 radical (unpaired) electrons. The minimum Gasteiger partial charge on any atom is -0.468 e. The number of carbonyl (C=O) groups is 1. The van der Waals surface area contributed by atoms with Gasteiger partial charge in [-0.05, 0) is 36.2 Å². The smallest absolute Gasteiger partial charge is 0.319 e. The predicted octanol–water partition coefficient (Wildman–Crippen LogP) is 5.78. The van der Waals surface area contributed by atoms with Gasteiger partial charge in [0.05, 0.1) is 12.5 Å². The summed E-state index contributed by atoms with van der Waals surface area (Å²) in [5.74, 6) is -0.257. The minimum atomic E-state index is -0.337. The molecule has 0 aliphatic carbocycles. The van der Waals surface area contributed by atoms with Crippen molar-refractivity contribution < 1.29 is 9.53 Å². The second kappa shape index (κ2) is 8.90. The third-order valence-electron chi connectivity index (χ3n) is 4.83. The van der Waals surface area contributed by atoms with E-state index in [4.69, 9.17) is 16.3 Å². The molecule has 0 spiro atoms. The van der Waals surface area contributed by atoms with E-state index in [1.54, 1.807) is 0 Å².